The van der Waals surface area contributed by atoms with E-state index in [1.165, 1.54) is 0 Å². The van der Waals surface area contributed by atoms with Crippen molar-refractivity contribution in [1.29, 1.82) is 0 Å². The number of anilines is 1. The van der Waals surface area contributed by atoms with Gasteiger partial charge in [0.1, 0.15) is 12.1 Å². The van der Waals surface area contributed by atoms with Gasteiger partial charge in [0.25, 0.3) is 0 Å². The number of carboxylic acids is 1. The minimum atomic E-state index is -1.22. The van der Waals surface area contributed by atoms with Gasteiger partial charge in [-0.25, -0.2) is 0 Å². The maximum absolute atomic E-state index is 14.5. The van der Waals surface area contributed by atoms with Crippen molar-refractivity contribution in [3.63, 3.8) is 0 Å². The first-order valence-electron chi connectivity index (χ1n) is 20.0. The third-order valence-corrected chi connectivity index (χ3v) is 10.7. The molecule has 308 valence electrons. The summed E-state index contributed by atoms with van der Waals surface area (Å²) in [4.78, 5) is 81.7. The van der Waals surface area contributed by atoms with Gasteiger partial charge in [0, 0.05) is 36.4 Å². The third-order valence-electron chi connectivity index (χ3n) is 10.5. The van der Waals surface area contributed by atoms with Gasteiger partial charge in [-0.15, -0.1) is 0 Å². The zero-order valence-corrected chi connectivity index (χ0v) is 33.7. The number of Topliss-reactive ketones (excluding diaryl/α,β-unsaturated/α-hetero) is 1. The number of ketones is 1. The molecular formula is C48H47ClN4O7. The highest BCUT2D eigenvalue weighted by atomic mass is 35.5. The molecule has 0 aliphatic carbocycles. The van der Waals surface area contributed by atoms with Crippen LogP contribution in [-0.4, -0.2) is 58.6 Å². The lowest BCUT2D eigenvalue weighted by Crippen LogP contribution is -2.57. The molecular weight excluding hydrogens is 780 g/mol. The number of aryl methyl sites for hydroxylation is 1. The lowest BCUT2D eigenvalue weighted by molar-refractivity contribution is -0.144. The average molecular weight is 827 g/mol. The maximum atomic E-state index is 14.5. The summed E-state index contributed by atoms with van der Waals surface area (Å²) in [5.74, 6) is -5.00. The number of fused-ring (bicyclic) bond motifs is 18. The summed E-state index contributed by atoms with van der Waals surface area (Å²) in [6.07, 6.45) is -0.000729. The number of carbonyl (C=O) groups excluding carboxylic acids is 5. The van der Waals surface area contributed by atoms with Crippen LogP contribution in [0, 0.1) is 5.92 Å². The predicted octanol–water partition coefficient (Wildman–Crippen LogP) is 6.51. The number of amides is 4. The molecule has 0 fully saturated rings. The normalized spacial score (nSPS) is 19.6. The van der Waals surface area contributed by atoms with E-state index in [1.54, 1.807) is 30.3 Å². The van der Waals surface area contributed by atoms with Crippen molar-refractivity contribution >= 4 is 52.7 Å². The topological polar surface area (TPSA) is 171 Å². The molecule has 0 radical (unpaired) electrons. The lowest BCUT2D eigenvalue weighted by atomic mass is 9.90. The summed E-state index contributed by atoms with van der Waals surface area (Å²) in [6.45, 7) is 0. The molecule has 11 nitrogen and oxygen atoms in total. The Hall–Kier alpha value is -6.59. The Labute approximate surface area is 353 Å². The molecule has 0 saturated heterocycles. The maximum Gasteiger partial charge on any atom is 0.307 e. The highest BCUT2D eigenvalue weighted by Gasteiger charge is 2.32. The van der Waals surface area contributed by atoms with Gasteiger partial charge in [0.2, 0.25) is 23.6 Å². The molecule has 0 aromatic heterocycles. The van der Waals surface area contributed by atoms with E-state index in [-0.39, 0.29) is 44.9 Å². The summed E-state index contributed by atoms with van der Waals surface area (Å²) in [6, 6.07) is 36.5. The highest BCUT2D eigenvalue weighted by Crippen LogP contribution is 2.24. The van der Waals surface area contributed by atoms with Gasteiger partial charge in [-0.05, 0) is 83.3 Å². The molecule has 4 amide bonds. The molecule has 5 N–H and O–H groups in total. The van der Waals surface area contributed by atoms with Crippen LogP contribution in [0.15, 0.2) is 133 Å². The van der Waals surface area contributed by atoms with Crippen LogP contribution in [0.1, 0.15) is 47.9 Å². The number of hydrogen-bond acceptors (Lipinski definition) is 6. The number of benzene rings is 5. The van der Waals surface area contributed by atoms with Crippen molar-refractivity contribution in [2.75, 3.05) is 5.32 Å². The molecule has 0 unspecified atom stereocenters. The second kappa shape index (κ2) is 20.9. The first kappa shape index (κ1) is 43.0. The molecule has 0 spiro atoms. The van der Waals surface area contributed by atoms with Gasteiger partial charge in [-0.3, -0.25) is 28.8 Å². The quantitative estimate of drug-likeness (QED) is 0.106. The van der Waals surface area contributed by atoms with Gasteiger partial charge >= 0.3 is 5.97 Å². The molecule has 0 saturated carbocycles. The Kier molecular flexibility index (Phi) is 15.0. The number of carbonyl (C=O) groups is 6. The summed E-state index contributed by atoms with van der Waals surface area (Å²) in [5.41, 5.74) is 5.24. The van der Waals surface area contributed by atoms with E-state index in [0.717, 1.165) is 22.3 Å². The van der Waals surface area contributed by atoms with Gasteiger partial charge < -0.3 is 26.4 Å². The van der Waals surface area contributed by atoms with Gasteiger partial charge in [-0.2, -0.15) is 0 Å². The van der Waals surface area contributed by atoms with E-state index < -0.39 is 59.4 Å². The molecule has 2 aliphatic heterocycles. The highest BCUT2D eigenvalue weighted by molar-refractivity contribution is 6.30. The first-order valence-corrected chi connectivity index (χ1v) is 20.3. The van der Waals surface area contributed by atoms with Crippen LogP contribution in [0.2, 0.25) is 5.02 Å². The molecule has 12 heteroatoms. The van der Waals surface area contributed by atoms with Crippen LogP contribution in [-0.2, 0) is 54.5 Å². The fourth-order valence-electron chi connectivity index (χ4n) is 7.17. The first-order chi connectivity index (χ1) is 29.0. The smallest absolute Gasteiger partial charge is 0.307 e. The number of rotatable bonds is 9. The van der Waals surface area contributed by atoms with Crippen LogP contribution in [0.4, 0.5) is 5.69 Å². The van der Waals surface area contributed by atoms with Crippen molar-refractivity contribution < 1.29 is 33.9 Å². The summed E-state index contributed by atoms with van der Waals surface area (Å²) in [5, 5.41) is 22.1. The zero-order valence-electron chi connectivity index (χ0n) is 32.9. The van der Waals surface area contributed by atoms with Gasteiger partial charge in [0.15, 0.2) is 5.78 Å². The van der Waals surface area contributed by atoms with Crippen molar-refractivity contribution in [3.8, 4) is 11.1 Å². The van der Waals surface area contributed by atoms with Crippen LogP contribution >= 0.6 is 11.6 Å². The minimum Gasteiger partial charge on any atom is -0.481 e. The van der Waals surface area contributed by atoms with E-state index in [2.05, 4.69) is 21.3 Å². The van der Waals surface area contributed by atoms with Crippen LogP contribution in [0.3, 0.4) is 0 Å². The number of hydrogen-bond donors (Lipinski definition) is 5. The summed E-state index contributed by atoms with van der Waals surface area (Å²) in [7, 11) is 0. The van der Waals surface area contributed by atoms with E-state index in [9.17, 15) is 33.9 Å². The predicted molar refractivity (Wildman–Crippen MR) is 230 cm³/mol. The SMILES string of the molecule is O=C1CCC(=O)N[C@H](CCc2ccccc2)C(=O)N[C@@H](Cc2ccc(-c3cccc(Cl)c3)cc2)C(=O)N[C@H](Cc2ccccc2)C(=O)C[C@H](C(=O)O)Cc2ccc(cc2)N1. The molecule has 5 aromatic rings. The molecule has 2 heterocycles. The molecule has 5 aromatic carbocycles. The summed E-state index contributed by atoms with van der Waals surface area (Å²) >= 11 is 6.24. The Bertz CT molecular complexity index is 2290. The molecule has 2 bridgehead atoms. The average Bonchev–Trinajstić information content (AvgIpc) is 3.25. The molecule has 7 rings (SSSR count). The van der Waals surface area contributed by atoms with Crippen molar-refractivity contribution in [3.05, 3.63) is 161 Å². The minimum absolute atomic E-state index is 0.0206. The number of halogens is 1. The van der Waals surface area contributed by atoms with E-state index >= 15 is 0 Å². The number of aliphatic carboxylic acids is 1. The second-order valence-corrected chi connectivity index (χ2v) is 15.5. The number of nitrogens with one attached hydrogen (secondary N) is 4. The Morgan fingerprint density at radius 3 is 1.85 bits per heavy atom. The second-order valence-electron chi connectivity index (χ2n) is 15.0. The Morgan fingerprint density at radius 2 is 1.18 bits per heavy atom. The lowest BCUT2D eigenvalue weighted by Gasteiger charge is -2.26. The Balaban J connectivity index is 1.34. The van der Waals surface area contributed by atoms with E-state index in [0.29, 0.717) is 28.3 Å². The fourth-order valence-corrected chi connectivity index (χ4v) is 7.36. The standard InChI is InChI=1S/C48H47ClN4O7/c49-38-13-7-12-36(29-38)35-19-14-34(15-20-35)28-42-47(58)52-41(27-32-10-5-2-6-11-32)43(54)30-37(48(59)60)26-33-16-21-39(22-17-33)50-44(55)24-25-45(56)51-40(46(57)53-42)23-18-31-8-3-1-4-9-31/h1-17,19-22,29,37,40-42H,18,23-28,30H2,(H,50,55)(H,51,56)(H,52,58)(H,53,57)(H,59,60)/t37-,40-,41-,42+/m1/s1. The van der Waals surface area contributed by atoms with E-state index in [4.69, 9.17) is 11.6 Å². The fraction of sp³-hybridized carbons (Fsp3) is 0.250. The largest absolute Gasteiger partial charge is 0.481 e. The van der Waals surface area contributed by atoms with Crippen LogP contribution in [0.5, 0.6) is 0 Å². The van der Waals surface area contributed by atoms with Crippen molar-refractivity contribution in [1.82, 2.24) is 16.0 Å². The van der Waals surface area contributed by atoms with Gasteiger partial charge in [-0.1, -0.05) is 121 Å². The van der Waals surface area contributed by atoms with E-state index in [1.807, 2.05) is 103 Å². The molecule has 4 atom stereocenters. The molecule has 2 aliphatic rings. The monoisotopic (exact) mass is 826 g/mol. The molecule has 60 heavy (non-hydrogen) atoms. The van der Waals surface area contributed by atoms with Crippen molar-refractivity contribution in [2.24, 2.45) is 5.92 Å². The van der Waals surface area contributed by atoms with Crippen molar-refractivity contribution in [2.45, 2.75) is 69.5 Å². The zero-order chi connectivity index (χ0) is 42.4. The third kappa shape index (κ3) is 12.7. The van der Waals surface area contributed by atoms with Crippen LogP contribution < -0.4 is 21.3 Å². The van der Waals surface area contributed by atoms with Gasteiger partial charge in [0.05, 0.1) is 12.0 Å². The number of carboxylic acid groups (broad SMARTS) is 1. The summed E-state index contributed by atoms with van der Waals surface area (Å²) < 4.78 is 0. The Morgan fingerprint density at radius 1 is 0.583 bits per heavy atom. The van der Waals surface area contributed by atoms with Crippen LogP contribution in [0.25, 0.3) is 11.1 Å².